The Morgan fingerprint density at radius 1 is 0.909 bits per heavy atom. The van der Waals surface area contributed by atoms with Gasteiger partial charge in [0.25, 0.3) is 0 Å². The topological polar surface area (TPSA) is 18.5 Å². The minimum Gasteiger partial charge on any atom is -0.414 e. The van der Waals surface area contributed by atoms with Gasteiger partial charge in [0.05, 0.1) is 5.60 Å². The molecule has 0 aromatic rings. The Hall–Kier alpha value is 0.0938. The smallest absolute Gasteiger partial charge is 0.193 e. The average Bonchev–Trinajstić information content (AvgIpc) is 3.14. The van der Waals surface area contributed by atoms with Crippen LogP contribution in [0.15, 0.2) is 12.2 Å². The molecule has 0 heterocycles. The lowest BCUT2D eigenvalue weighted by Crippen LogP contribution is -2.48. The van der Waals surface area contributed by atoms with Gasteiger partial charge in [-0.1, -0.05) is 86.3 Å². The number of hydrogen-bond donors (Lipinski definition) is 0. The van der Waals surface area contributed by atoms with Gasteiger partial charge in [-0.15, -0.1) is 0 Å². The van der Waals surface area contributed by atoms with Crippen molar-refractivity contribution in [2.45, 2.75) is 161 Å². The van der Waals surface area contributed by atoms with E-state index in [4.69, 9.17) is 8.85 Å². The number of fused-ring (bicyclic) bond motifs is 1. The molecule has 2 rings (SSSR count). The molecule has 2 nitrogen and oxygen atoms in total. The maximum Gasteiger partial charge on any atom is 0.193 e. The maximum absolute atomic E-state index is 7.12. The van der Waals surface area contributed by atoms with Crippen LogP contribution in [0.3, 0.4) is 0 Å². The van der Waals surface area contributed by atoms with E-state index in [1.54, 1.807) is 0 Å². The zero-order chi connectivity index (χ0) is 25.3. The molecule has 194 valence electrons. The molecule has 0 spiro atoms. The summed E-state index contributed by atoms with van der Waals surface area (Å²) in [5, 5.41) is 0.513. The van der Waals surface area contributed by atoms with E-state index in [0.717, 1.165) is 12.3 Å². The molecule has 2 aliphatic rings. The minimum absolute atomic E-state index is 0.154. The molecule has 4 atom stereocenters. The Kier molecular flexibility index (Phi) is 9.08. The third-order valence-electron chi connectivity index (χ3n) is 9.77. The molecule has 2 fully saturated rings. The van der Waals surface area contributed by atoms with Gasteiger partial charge in [0.2, 0.25) is 0 Å². The van der Waals surface area contributed by atoms with Crippen molar-refractivity contribution in [2.75, 3.05) is 0 Å². The van der Waals surface area contributed by atoms with Crippen LogP contribution >= 0.6 is 0 Å². The standard InChI is InChI=1S/C29H58O2Si2/c1-13-14-15-18-28(8,31-33(11,12)27(5,6)7)20-21-29-19-16-17-24(29)22-25(23-29)30-32(9,10)26(2,3)4/h20-21,24-25H,13-19,22-23H2,1-12H3. The van der Waals surface area contributed by atoms with Crippen molar-refractivity contribution in [1.82, 2.24) is 0 Å². The van der Waals surface area contributed by atoms with Crippen molar-refractivity contribution in [3.63, 3.8) is 0 Å². The second-order valence-corrected chi connectivity index (χ2v) is 24.2. The van der Waals surface area contributed by atoms with E-state index in [-0.39, 0.29) is 15.7 Å². The van der Waals surface area contributed by atoms with Gasteiger partial charge in [0, 0.05) is 6.10 Å². The second-order valence-electron chi connectivity index (χ2n) is 14.7. The summed E-state index contributed by atoms with van der Waals surface area (Å²) in [5.41, 5.74) is 0.175. The summed E-state index contributed by atoms with van der Waals surface area (Å²) >= 11 is 0. The fraction of sp³-hybridized carbons (Fsp3) is 0.931. The first kappa shape index (κ1) is 29.3. The van der Waals surface area contributed by atoms with E-state index in [0.29, 0.717) is 11.5 Å². The van der Waals surface area contributed by atoms with Gasteiger partial charge >= 0.3 is 0 Å². The zero-order valence-electron chi connectivity index (χ0n) is 24.5. The molecule has 33 heavy (non-hydrogen) atoms. The number of allylic oxidation sites excluding steroid dienone is 1. The van der Waals surface area contributed by atoms with Crippen molar-refractivity contribution < 1.29 is 8.85 Å². The molecule has 0 aromatic carbocycles. The number of rotatable bonds is 10. The van der Waals surface area contributed by atoms with Crippen LogP contribution in [-0.2, 0) is 8.85 Å². The third-order valence-corrected chi connectivity index (χ3v) is 18.9. The summed E-state index contributed by atoms with van der Waals surface area (Å²) in [6.45, 7) is 28.5. The molecule has 0 saturated heterocycles. The molecule has 4 heteroatoms. The highest BCUT2D eigenvalue weighted by atomic mass is 28.4. The van der Waals surface area contributed by atoms with Crippen LogP contribution in [0.4, 0.5) is 0 Å². The second kappa shape index (κ2) is 10.2. The highest BCUT2D eigenvalue weighted by molar-refractivity contribution is 6.74. The van der Waals surface area contributed by atoms with Gasteiger partial charge in [0.15, 0.2) is 16.6 Å². The number of unbranched alkanes of at least 4 members (excludes halogenated alkanes) is 2. The van der Waals surface area contributed by atoms with Gasteiger partial charge in [0.1, 0.15) is 0 Å². The van der Waals surface area contributed by atoms with Crippen molar-refractivity contribution in [3.05, 3.63) is 12.2 Å². The van der Waals surface area contributed by atoms with Crippen molar-refractivity contribution in [2.24, 2.45) is 11.3 Å². The maximum atomic E-state index is 7.12. The van der Waals surface area contributed by atoms with Crippen molar-refractivity contribution in [3.8, 4) is 0 Å². The van der Waals surface area contributed by atoms with Gasteiger partial charge in [-0.05, 0) is 86.6 Å². The quantitative estimate of drug-likeness (QED) is 0.171. The van der Waals surface area contributed by atoms with Gasteiger partial charge in [-0.3, -0.25) is 0 Å². The lowest BCUT2D eigenvalue weighted by Gasteiger charge is -2.44. The molecule has 4 unspecified atom stereocenters. The predicted molar refractivity (Wildman–Crippen MR) is 151 cm³/mol. The number of hydrogen-bond acceptors (Lipinski definition) is 2. The molecule has 2 saturated carbocycles. The molecular formula is C29H58O2Si2. The minimum atomic E-state index is -1.85. The van der Waals surface area contributed by atoms with Gasteiger partial charge < -0.3 is 8.85 Å². The van der Waals surface area contributed by atoms with E-state index in [1.807, 2.05) is 0 Å². The molecular weight excluding hydrogens is 436 g/mol. The van der Waals surface area contributed by atoms with Crippen LogP contribution in [-0.4, -0.2) is 28.3 Å². The highest BCUT2D eigenvalue weighted by Gasteiger charge is 2.51. The summed E-state index contributed by atoms with van der Waals surface area (Å²) in [5.74, 6) is 0.788. The first-order valence-corrected chi connectivity index (χ1v) is 19.8. The van der Waals surface area contributed by atoms with Crippen molar-refractivity contribution >= 4 is 16.6 Å². The lowest BCUT2D eigenvalue weighted by molar-refractivity contribution is 0.106. The van der Waals surface area contributed by atoms with Crippen LogP contribution in [0, 0.1) is 11.3 Å². The van der Waals surface area contributed by atoms with Gasteiger partial charge in [-0.2, -0.15) is 0 Å². The molecule has 0 aliphatic heterocycles. The Morgan fingerprint density at radius 2 is 1.52 bits per heavy atom. The van der Waals surface area contributed by atoms with Crippen molar-refractivity contribution in [1.29, 1.82) is 0 Å². The van der Waals surface area contributed by atoms with Crippen LogP contribution in [0.2, 0.25) is 36.3 Å². The molecule has 0 amide bonds. The third kappa shape index (κ3) is 7.08. The summed E-state index contributed by atoms with van der Waals surface area (Å²) in [4.78, 5) is 0. The summed E-state index contributed by atoms with van der Waals surface area (Å²) in [6, 6.07) is 0. The average molecular weight is 495 g/mol. The largest absolute Gasteiger partial charge is 0.414 e. The van der Waals surface area contributed by atoms with Crippen LogP contribution in [0.25, 0.3) is 0 Å². The van der Waals surface area contributed by atoms with Crippen LogP contribution in [0.1, 0.15) is 113 Å². The first-order chi connectivity index (χ1) is 14.9. The normalized spacial score (nSPS) is 29.0. The lowest BCUT2D eigenvalue weighted by atomic mass is 9.79. The zero-order valence-corrected chi connectivity index (χ0v) is 26.5. The van der Waals surface area contributed by atoms with Crippen LogP contribution < -0.4 is 0 Å². The summed E-state index contributed by atoms with van der Waals surface area (Å²) in [7, 11) is -3.58. The first-order valence-electron chi connectivity index (χ1n) is 13.9. The Labute approximate surface area is 209 Å². The van der Waals surface area contributed by atoms with Crippen LogP contribution in [0.5, 0.6) is 0 Å². The molecule has 0 aromatic heterocycles. The Bertz CT molecular complexity index is 670. The van der Waals surface area contributed by atoms with Gasteiger partial charge in [-0.25, -0.2) is 0 Å². The highest BCUT2D eigenvalue weighted by Crippen LogP contribution is 2.57. The monoisotopic (exact) mass is 494 g/mol. The summed E-state index contributed by atoms with van der Waals surface area (Å²) in [6.07, 6.45) is 17.1. The van der Waals surface area contributed by atoms with E-state index in [9.17, 15) is 0 Å². The molecule has 0 N–H and O–H groups in total. The molecule has 2 aliphatic carbocycles. The fourth-order valence-electron chi connectivity index (χ4n) is 5.56. The van der Waals surface area contributed by atoms with E-state index in [2.05, 4.69) is 93.7 Å². The Morgan fingerprint density at radius 3 is 2.06 bits per heavy atom. The van der Waals surface area contributed by atoms with E-state index in [1.165, 1.54) is 51.4 Å². The van der Waals surface area contributed by atoms with E-state index >= 15 is 0 Å². The van der Waals surface area contributed by atoms with E-state index < -0.39 is 16.6 Å². The molecule has 0 bridgehead atoms. The fourth-order valence-corrected chi connectivity index (χ4v) is 8.57. The summed E-state index contributed by atoms with van der Waals surface area (Å²) < 4.78 is 14.1. The SMILES string of the molecule is CCCCCC(C)(C=CC12CCCC1CC(O[Si](C)(C)C(C)(C)C)C2)O[Si](C)(C)C(C)(C)C. The predicted octanol–water partition coefficient (Wildman–Crippen LogP) is 9.87. The molecule has 0 radical (unpaired) electrons. The Balaban J connectivity index is 2.25.